The van der Waals surface area contributed by atoms with Gasteiger partial charge in [0.2, 0.25) is 0 Å². The zero-order valence-electron chi connectivity index (χ0n) is 16.2. The van der Waals surface area contributed by atoms with Gasteiger partial charge in [-0.3, -0.25) is 14.3 Å². The molecule has 0 saturated heterocycles. The summed E-state index contributed by atoms with van der Waals surface area (Å²) in [7, 11) is 0. The minimum Gasteiger partial charge on any atom is -0.359 e. The van der Waals surface area contributed by atoms with E-state index in [4.69, 9.17) is 4.52 Å². The molecular weight excluding hydrogens is 358 g/mol. The third-order valence-corrected chi connectivity index (χ3v) is 4.33. The predicted octanol–water partition coefficient (Wildman–Crippen LogP) is 2.96. The molecule has 0 unspecified atom stereocenters. The first kappa shape index (κ1) is 19.3. The van der Waals surface area contributed by atoms with Gasteiger partial charge in [0.1, 0.15) is 6.54 Å². The number of benzene rings is 1. The van der Waals surface area contributed by atoms with Crippen LogP contribution < -0.4 is 5.32 Å². The van der Waals surface area contributed by atoms with Crippen molar-refractivity contribution in [3.8, 4) is 0 Å². The van der Waals surface area contributed by atoms with E-state index < -0.39 is 5.91 Å². The van der Waals surface area contributed by atoms with E-state index >= 15 is 0 Å². The first-order valence-corrected chi connectivity index (χ1v) is 9.16. The maximum absolute atomic E-state index is 12.7. The van der Waals surface area contributed by atoms with Crippen LogP contribution in [0, 0.1) is 6.92 Å². The summed E-state index contributed by atoms with van der Waals surface area (Å²) in [5.41, 5.74) is 2.06. The molecule has 0 atom stereocenters. The summed E-state index contributed by atoms with van der Waals surface area (Å²) in [6.07, 6.45) is 3.62. The van der Waals surface area contributed by atoms with Crippen molar-refractivity contribution in [2.75, 3.05) is 18.4 Å². The Balaban J connectivity index is 1.74. The van der Waals surface area contributed by atoms with Crippen molar-refractivity contribution in [2.45, 2.75) is 27.3 Å². The van der Waals surface area contributed by atoms with Crippen molar-refractivity contribution in [3.05, 3.63) is 65.3 Å². The minimum atomic E-state index is -0.438. The molecule has 2 heterocycles. The second-order valence-corrected chi connectivity index (χ2v) is 6.37. The van der Waals surface area contributed by atoms with Crippen molar-refractivity contribution >= 4 is 17.5 Å². The molecule has 0 spiro atoms. The molecule has 8 nitrogen and oxygen atoms in total. The summed E-state index contributed by atoms with van der Waals surface area (Å²) < 4.78 is 6.94. The second-order valence-electron chi connectivity index (χ2n) is 6.37. The molecule has 1 aromatic carbocycles. The molecule has 2 aromatic heterocycles. The molecule has 0 aliphatic carbocycles. The number of hydrogen-bond donors (Lipinski definition) is 1. The van der Waals surface area contributed by atoms with Crippen molar-refractivity contribution < 1.29 is 14.1 Å². The Morgan fingerprint density at radius 3 is 2.64 bits per heavy atom. The lowest BCUT2D eigenvalue weighted by Gasteiger charge is -2.20. The lowest BCUT2D eigenvalue weighted by atomic mass is 10.1. The van der Waals surface area contributed by atoms with Gasteiger partial charge in [0.05, 0.1) is 17.4 Å². The number of carbonyl (C=O) groups excluding carboxylic acids is 2. The number of anilines is 1. The number of para-hydroxylation sites is 1. The summed E-state index contributed by atoms with van der Waals surface area (Å²) in [4.78, 5) is 27.0. The molecule has 28 heavy (non-hydrogen) atoms. The first-order valence-electron chi connectivity index (χ1n) is 9.16. The molecule has 0 aliphatic rings. The van der Waals surface area contributed by atoms with Crippen molar-refractivity contribution in [2.24, 2.45) is 0 Å². The monoisotopic (exact) mass is 381 g/mol. The van der Waals surface area contributed by atoms with E-state index in [1.165, 1.54) is 0 Å². The molecule has 3 aromatic rings. The number of nitrogens with zero attached hydrogens (tertiary/aromatic N) is 4. The van der Waals surface area contributed by atoms with Crippen molar-refractivity contribution in [1.82, 2.24) is 19.8 Å². The van der Waals surface area contributed by atoms with Crippen LogP contribution in [0.1, 0.15) is 46.0 Å². The largest absolute Gasteiger partial charge is 0.359 e. The average Bonchev–Trinajstić information content (AvgIpc) is 3.32. The Morgan fingerprint density at radius 1 is 1.21 bits per heavy atom. The van der Waals surface area contributed by atoms with Gasteiger partial charge in [-0.2, -0.15) is 5.10 Å². The van der Waals surface area contributed by atoms with E-state index in [0.717, 1.165) is 5.56 Å². The molecule has 0 fully saturated rings. The molecule has 0 saturated carbocycles. The maximum Gasteiger partial charge on any atom is 0.277 e. The number of amides is 2. The van der Waals surface area contributed by atoms with Gasteiger partial charge in [0, 0.05) is 25.4 Å². The Morgan fingerprint density at radius 2 is 1.96 bits per heavy atom. The number of nitrogens with one attached hydrogen (secondary N) is 1. The molecule has 8 heteroatoms. The highest BCUT2D eigenvalue weighted by molar-refractivity contribution is 6.08. The predicted molar refractivity (Wildman–Crippen MR) is 104 cm³/mol. The highest BCUT2D eigenvalue weighted by Gasteiger charge is 2.19. The molecule has 0 radical (unpaired) electrons. The SMILES string of the molecule is CCN(CC)C(=O)c1ccccc1NC(=O)c1cc(Cn2cc(C)cn2)on1. The van der Waals surface area contributed by atoms with E-state index in [9.17, 15) is 9.59 Å². The molecule has 1 N–H and O–H groups in total. The van der Waals surface area contributed by atoms with E-state index in [1.807, 2.05) is 27.0 Å². The summed E-state index contributed by atoms with van der Waals surface area (Å²) >= 11 is 0. The van der Waals surface area contributed by atoms with Crippen molar-refractivity contribution in [1.29, 1.82) is 0 Å². The van der Waals surface area contributed by atoms with Gasteiger partial charge in [-0.1, -0.05) is 17.3 Å². The summed E-state index contributed by atoms with van der Waals surface area (Å²) in [6, 6.07) is 8.50. The van der Waals surface area contributed by atoms with Crippen LogP contribution in [0.15, 0.2) is 47.2 Å². The van der Waals surface area contributed by atoms with Gasteiger partial charge >= 0.3 is 0 Å². The topological polar surface area (TPSA) is 93.3 Å². The lowest BCUT2D eigenvalue weighted by molar-refractivity contribution is 0.0774. The van der Waals surface area contributed by atoms with Crippen LogP contribution in [-0.2, 0) is 6.54 Å². The Hall–Kier alpha value is -3.42. The highest BCUT2D eigenvalue weighted by Crippen LogP contribution is 2.19. The standard InChI is InChI=1S/C20H23N5O3/c1-4-24(5-2)20(27)16-8-6-7-9-17(16)22-19(26)18-10-15(28-23-18)13-25-12-14(3)11-21-25/h6-12H,4-5,13H2,1-3H3,(H,22,26). The van der Waals surface area contributed by atoms with E-state index in [1.54, 1.807) is 46.1 Å². The van der Waals surface area contributed by atoms with E-state index in [2.05, 4.69) is 15.6 Å². The Bertz CT molecular complexity index is 972. The fourth-order valence-corrected chi connectivity index (χ4v) is 2.85. The van der Waals surface area contributed by atoms with Crippen molar-refractivity contribution in [3.63, 3.8) is 0 Å². The summed E-state index contributed by atoms with van der Waals surface area (Å²) in [5, 5.41) is 10.8. The number of aryl methyl sites for hydroxylation is 1. The van der Waals surface area contributed by atoms with Gasteiger partial charge < -0.3 is 14.7 Å². The Labute approximate surface area is 163 Å². The van der Waals surface area contributed by atoms with Crippen LogP contribution >= 0.6 is 0 Å². The smallest absolute Gasteiger partial charge is 0.277 e. The molecule has 0 aliphatic heterocycles. The maximum atomic E-state index is 12.7. The fraction of sp³-hybridized carbons (Fsp3) is 0.300. The first-order chi connectivity index (χ1) is 13.5. The van der Waals surface area contributed by atoms with Gasteiger partial charge in [-0.05, 0) is 38.5 Å². The van der Waals surface area contributed by atoms with Crippen LogP contribution in [0.4, 0.5) is 5.69 Å². The zero-order valence-corrected chi connectivity index (χ0v) is 16.2. The normalized spacial score (nSPS) is 10.7. The van der Waals surface area contributed by atoms with E-state index in [-0.39, 0.29) is 11.6 Å². The molecule has 146 valence electrons. The molecule has 0 bridgehead atoms. The van der Waals surface area contributed by atoms with Crippen LogP contribution in [-0.4, -0.2) is 44.7 Å². The van der Waals surface area contributed by atoms with Gasteiger partial charge in [-0.15, -0.1) is 0 Å². The number of hydrogen-bond acceptors (Lipinski definition) is 5. The third kappa shape index (κ3) is 4.28. The lowest BCUT2D eigenvalue weighted by Crippen LogP contribution is -2.31. The number of rotatable bonds is 7. The number of aromatic nitrogens is 3. The van der Waals surface area contributed by atoms with Crippen LogP contribution in [0.2, 0.25) is 0 Å². The van der Waals surface area contributed by atoms with Crippen LogP contribution in [0.5, 0.6) is 0 Å². The average molecular weight is 381 g/mol. The molecular formula is C20H23N5O3. The molecule has 3 rings (SSSR count). The third-order valence-electron chi connectivity index (χ3n) is 4.33. The van der Waals surface area contributed by atoms with Crippen LogP contribution in [0.25, 0.3) is 0 Å². The van der Waals surface area contributed by atoms with E-state index in [0.29, 0.717) is 36.6 Å². The van der Waals surface area contributed by atoms with Gasteiger partial charge in [-0.25, -0.2) is 0 Å². The van der Waals surface area contributed by atoms with Crippen LogP contribution in [0.3, 0.4) is 0 Å². The molecule has 2 amide bonds. The summed E-state index contributed by atoms with van der Waals surface area (Å²) in [5.74, 6) is -0.0528. The van der Waals surface area contributed by atoms with Gasteiger partial charge in [0.15, 0.2) is 11.5 Å². The quantitative estimate of drug-likeness (QED) is 0.679. The Kier molecular flexibility index (Phi) is 5.88. The highest BCUT2D eigenvalue weighted by atomic mass is 16.5. The second kappa shape index (κ2) is 8.51. The minimum absolute atomic E-state index is 0.129. The fourth-order valence-electron chi connectivity index (χ4n) is 2.85. The zero-order chi connectivity index (χ0) is 20.1. The summed E-state index contributed by atoms with van der Waals surface area (Å²) in [6.45, 7) is 7.35. The van der Waals surface area contributed by atoms with Gasteiger partial charge in [0.25, 0.3) is 11.8 Å². The number of carbonyl (C=O) groups is 2.